The van der Waals surface area contributed by atoms with E-state index in [1.807, 2.05) is 0 Å². The third kappa shape index (κ3) is 3.77. The minimum atomic E-state index is -4.35. The first kappa shape index (κ1) is 16.3. The summed E-state index contributed by atoms with van der Waals surface area (Å²) in [6.07, 6.45) is -0.518. The highest BCUT2D eigenvalue weighted by atomic mass is 19.4. The van der Waals surface area contributed by atoms with Gasteiger partial charge in [0.05, 0.1) is 5.56 Å². The summed E-state index contributed by atoms with van der Waals surface area (Å²) in [6.45, 7) is 4.41. The van der Waals surface area contributed by atoms with E-state index in [0.29, 0.717) is 0 Å². The van der Waals surface area contributed by atoms with Gasteiger partial charge in [0.15, 0.2) is 0 Å². The Kier molecular flexibility index (Phi) is 4.63. The van der Waals surface area contributed by atoms with Crippen LogP contribution in [0.5, 0.6) is 0 Å². The fourth-order valence-corrected chi connectivity index (χ4v) is 3.26. The van der Waals surface area contributed by atoms with E-state index in [0.717, 1.165) is 31.7 Å². The topological polar surface area (TPSA) is 38.0 Å². The second-order valence-electron chi connectivity index (χ2n) is 6.73. The van der Waals surface area contributed by atoms with Gasteiger partial charge in [-0.2, -0.15) is 13.2 Å². The number of hydrogen-bond donors (Lipinski definition) is 2. The van der Waals surface area contributed by atoms with Crippen molar-refractivity contribution in [2.24, 2.45) is 17.2 Å². The molecule has 0 amide bonds. The summed E-state index contributed by atoms with van der Waals surface area (Å²) in [5.41, 5.74) is 2.58. The van der Waals surface area contributed by atoms with Gasteiger partial charge in [-0.3, -0.25) is 11.3 Å². The lowest BCUT2D eigenvalue weighted by Crippen LogP contribution is -2.37. The van der Waals surface area contributed by atoms with Crippen LogP contribution in [0.25, 0.3) is 0 Å². The molecule has 0 aromatic heterocycles. The van der Waals surface area contributed by atoms with Crippen molar-refractivity contribution in [2.45, 2.75) is 51.7 Å². The number of nitrogens with two attached hydrogens (primary N) is 1. The normalized spacial score (nSPS) is 21.2. The minimum Gasteiger partial charge on any atom is -0.271 e. The van der Waals surface area contributed by atoms with Gasteiger partial charge >= 0.3 is 6.18 Å². The lowest BCUT2D eigenvalue weighted by molar-refractivity contribution is -0.138. The maximum Gasteiger partial charge on any atom is 0.416 e. The summed E-state index contributed by atoms with van der Waals surface area (Å²) >= 11 is 0. The van der Waals surface area contributed by atoms with E-state index in [9.17, 15) is 13.2 Å². The van der Waals surface area contributed by atoms with E-state index in [1.165, 1.54) is 12.1 Å². The SMILES string of the molecule is CC1(C)CCC(C(NN)c2ccccc2C(F)(F)F)CC1. The maximum atomic E-state index is 13.2. The molecule has 0 bridgehead atoms. The molecule has 1 aliphatic carbocycles. The monoisotopic (exact) mass is 300 g/mol. The standard InChI is InChI=1S/C16H23F3N2/c1-15(2)9-7-11(8-10-15)14(21-20)12-5-3-4-6-13(12)16(17,18)19/h3-6,11,14,21H,7-10,20H2,1-2H3. The lowest BCUT2D eigenvalue weighted by Gasteiger charge is -2.38. The Morgan fingerprint density at radius 1 is 1.19 bits per heavy atom. The zero-order valence-corrected chi connectivity index (χ0v) is 12.5. The number of halogens is 3. The van der Waals surface area contributed by atoms with Crippen molar-refractivity contribution in [3.8, 4) is 0 Å². The van der Waals surface area contributed by atoms with Gasteiger partial charge in [0.1, 0.15) is 0 Å². The van der Waals surface area contributed by atoms with E-state index in [-0.39, 0.29) is 16.9 Å². The molecule has 0 aliphatic heterocycles. The zero-order valence-electron chi connectivity index (χ0n) is 12.5. The van der Waals surface area contributed by atoms with Crippen LogP contribution >= 0.6 is 0 Å². The number of benzene rings is 1. The summed E-state index contributed by atoms with van der Waals surface area (Å²) in [6, 6.07) is 5.28. The molecule has 3 N–H and O–H groups in total. The van der Waals surface area contributed by atoms with Gasteiger partial charge in [-0.25, -0.2) is 0 Å². The molecule has 2 nitrogen and oxygen atoms in total. The van der Waals surface area contributed by atoms with Gasteiger partial charge in [0.2, 0.25) is 0 Å². The molecule has 0 spiro atoms. The quantitative estimate of drug-likeness (QED) is 0.640. The van der Waals surface area contributed by atoms with Crippen LogP contribution in [-0.2, 0) is 6.18 Å². The molecular weight excluding hydrogens is 277 g/mol. The highest BCUT2D eigenvalue weighted by Gasteiger charge is 2.38. The highest BCUT2D eigenvalue weighted by molar-refractivity contribution is 5.33. The Morgan fingerprint density at radius 3 is 2.29 bits per heavy atom. The molecule has 1 saturated carbocycles. The third-order valence-electron chi connectivity index (χ3n) is 4.64. The van der Waals surface area contributed by atoms with Crippen LogP contribution in [0.3, 0.4) is 0 Å². The second kappa shape index (κ2) is 5.97. The van der Waals surface area contributed by atoms with E-state index in [2.05, 4.69) is 19.3 Å². The van der Waals surface area contributed by atoms with Crippen molar-refractivity contribution in [3.05, 3.63) is 35.4 Å². The van der Waals surface area contributed by atoms with Crippen molar-refractivity contribution >= 4 is 0 Å². The average Bonchev–Trinajstić information content (AvgIpc) is 2.41. The molecule has 1 atom stereocenters. The van der Waals surface area contributed by atoms with Crippen LogP contribution in [0.2, 0.25) is 0 Å². The van der Waals surface area contributed by atoms with Crippen LogP contribution in [0, 0.1) is 11.3 Å². The Bertz CT molecular complexity index is 473. The van der Waals surface area contributed by atoms with E-state index < -0.39 is 17.8 Å². The minimum absolute atomic E-state index is 0.145. The Hall–Kier alpha value is -1.07. The van der Waals surface area contributed by atoms with Gasteiger partial charge in [-0.15, -0.1) is 0 Å². The second-order valence-corrected chi connectivity index (χ2v) is 6.73. The first-order valence-corrected chi connectivity index (χ1v) is 7.37. The summed E-state index contributed by atoms with van der Waals surface area (Å²) in [4.78, 5) is 0. The van der Waals surface area contributed by atoms with Crippen LogP contribution in [0.4, 0.5) is 13.2 Å². The molecule has 1 fully saturated rings. The molecule has 0 radical (unpaired) electrons. The number of nitrogens with one attached hydrogen (secondary N) is 1. The fourth-order valence-electron chi connectivity index (χ4n) is 3.26. The molecule has 5 heteroatoms. The number of rotatable bonds is 3. The van der Waals surface area contributed by atoms with E-state index in [4.69, 9.17) is 5.84 Å². The van der Waals surface area contributed by atoms with Crippen LogP contribution in [0.1, 0.15) is 56.7 Å². The molecule has 118 valence electrons. The zero-order chi connectivity index (χ0) is 15.7. The van der Waals surface area contributed by atoms with E-state index in [1.54, 1.807) is 6.07 Å². The van der Waals surface area contributed by atoms with Gasteiger partial charge in [-0.1, -0.05) is 32.0 Å². The Labute approximate surface area is 123 Å². The first-order chi connectivity index (χ1) is 9.74. The van der Waals surface area contributed by atoms with Gasteiger partial charge in [-0.05, 0) is 48.6 Å². The predicted octanol–water partition coefficient (Wildman–Crippen LogP) is 4.43. The van der Waals surface area contributed by atoms with Crippen molar-refractivity contribution in [3.63, 3.8) is 0 Å². The molecule has 21 heavy (non-hydrogen) atoms. The molecule has 0 heterocycles. The molecule has 1 aromatic carbocycles. The smallest absolute Gasteiger partial charge is 0.271 e. The van der Waals surface area contributed by atoms with Gasteiger partial charge in [0.25, 0.3) is 0 Å². The Morgan fingerprint density at radius 2 is 1.76 bits per heavy atom. The van der Waals surface area contributed by atoms with Crippen molar-refractivity contribution in [1.29, 1.82) is 0 Å². The van der Waals surface area contributed by atoms with Gasteiger partial charge in [0, 0.05) is 6.04 Å². The summed E-state index contributed by atoms with van der Waals surface area (Å²) in [5, 5.41) is 0. The number of alkyl halides is 3. The van der Waals surface area contributed by atoms with Crippen molar-refractivity contribution in [1.82, 2.24) is 5.43 Å². The molecule has 1 unspecified atom stereocenters. The third-order valence-corrected chi connectivity index (χ3v) is 4.64. The molecule has 2 rings (SSSR count). The van der Waals surface area contributed by atoms with Crippen molar-refractivity contribution in [2.75, 3.05) is 0 Å². The summed E-state index contributed by atoms with van der Waals surface area (Å²) in [5.74, 6) is 5.74. The number of hydrazine groups is 1. The summed E-state index contributed by atoms with van der Waals surface area (Å²) in [7, 11) is 0. The average molecular weight is 300 g/mol. The fraction of sp³-hybridized carbons (Fsp3) is 0.625. The van der Waals surface area contributed by atoms with Crippen LogP contribution in [-0.4, -0.2) is 0 Å². The van der Waals surface area contributed by atoms with Crippen LogP contribution < -0.4 is 11.3 Å². The molecule has 1 aromatic rings. The Balaban J connectivity index is 2.27. The largest absolute Gasteiger partial charge is 0.416 e. The van der Waals surface area contributed by atoms with Crippen LogP contribution in [0.15, 0.2) is 24.3 Å². The van der Waals surface area contributed by atoms with Crippen molar-refractivity contribution < 1.29 is 13.2 Å². The van der Waals surface area contributed by atoms with Gasteiger partial charge < -0.3 is 0 Å². The highest BCUT2D eigenvalue weighted by Crippen LogP contribution is 2.44. The molecule has 0 saturated heterocycles. The number of hydrogen-bond acceptors (Lipinski definition) is 2. The summed E-state index contributed by atoms with van der Waals surface area (Å²) < 4.78 is 39.5. The first-order valence-electron chi connectivity index (χ1n) is 7.37. The maximum absolute atomic E-state index is 13.2. The van der Waals surface area contributed by atoms with E-state index >= 15 is 0 Å². The molecular formula is C16H23F3N2. The predicted molar refractivity (Wildman–Crippen MR) is 77.2 cm³/mol. The molecule has 1 aliphatic rings. The lowest BCUT2D eigenvalue weighted by atomic mass is 9.70.